The molecule has 1 unspecified atom stereocenters. The highest BCUT2D eigenvalue weighted by atomic mass is 32.2. The molecule has 1 aromatic rings. The first-order valence-electron chi connectivity index (χ1n) is 4.15. The summed E-state index contributed by atoms with van der Waals surface area (Å²) >= 11 is 0. The summed E-state index contributed by atoms with van der Waals surface area (Å²) in [6.45, 7) is 1.72. The normalized spacial score (nSPS) is 13.9. The number of phenols is 1. The van der Waals surface area contributed by atoms with E-state index in [1.54, 1.807) is 19.1 Å². The van der Waals surface area contributed by atoms with E-state index in [4.69, 9.17) is 0 Å². The van der Waals surface area contributed by atoms with E-state index >= 15 is 0 Å². The van der Waals surface area contributed by atoms with Gasteiger partial charge in [0.1, 0.15) is 5.75 Å². The van der Waals surface area contributed by atoms with Crippen molar-refractivity contribution in [2.24, 2.45) is 0 Å². The quantitative estimate of drug-likeness (QED) is 0.790. The van der Waals surface area contributed by atoms with E-state index < -0.39 is 10.0 Å². The third kappa shape index (κ3) is 3.35. The largest absolute Gasteiger partial charge is 0.508 e. The fourth-order valence-corrected chi connectivity index (χ4v) is 1.96. The molecular weight excluding hydrogens is 202 g/mol. The summed E-state index contributed by atoms with van der Waals surface area (Å²) in [4.78, 5) is 0. The van der Waals surface area contributed by atoms with Crippen LogP contribution in [0.15, 0.2) is 24.3 Å². The summed E-state index contributed by atoms with van der Waals surface area (Å²) in [6, 6.07) is 6.16. The number of benzene rings is 1. The Morgan fingerprint density at radius 2 is 2.07 bits per heavy atom. The Balaban J connectivity index is 2.85. The molecule has 0 spiro atoms. The Morgan fingerprint density at radius 1 is 1.43 bits per heavy atom. The minimum absolute atomic E-state index is 0.129. The molecule has 0 saturated heterocycles. The molecule has 0 aliphatic rings. The average molecular weight is 215 g/mol. The molecule has 2 N–H and O–H groups in total. The average Bonchev–Trinajstić information content (AvgIpc) is 2.01. The second-order valence-corrected chi connectivity index (χ2v) is 4.99. The molecule has 1 atom stereocenters. The Hall–Kier alpha value is -1.07. The highest BCUT2D eigenvalue weighted by Gasteiger charge is 2.10. The lowest BCUT2D eigenvalue weighted by Crippen LogP contribution is -2.25. The number of rotatable bonds is 3. The first-order valence-corrected chi connectivity index (χ1v) is 6.04. The predicted molar refractivity (Wildman–Crippen MR) is 54.5 cm³/mol. The molecule has 0 bridgehead atoms. The van der Waals surface area contributed by atoms with Crippen LogP contribution in [0.3, 0.4) is 0 Å². The van der Waals surface area contributed by atoms with E-state index in [0.717, 1.165) is 11.8 Å². The Morgan fingerprint density at radius 3 is 2.57 bits per heavy atom. The molecule has 0 radical (unpaired) electrons. The van der Waals surface area contributed by atoms with Crippen molar-refractivity contribution in [1.82, 2.24) is 4.72 Å². The molecule has 78 valence electrons. The van der Waals surface area contributed by atoms with E-state index in [2.05, 4.69) is 4.72 Å². The van der Waals surface area contributed by atoms with Gasteiger partial charge in [0.2, 0.25) is 10.0 Å². The van der Waals surface area contributed by atoms with Crippen molar-refractivity contribution in [2.75, 3.05) is 6.26 Å². The molecule has 0 fully saturated rings. The van der Waals surface area contributed by atoms with Crippen molar-refractivity contribution in [3.8, 4) is 5.75 Å². The molecule has 0 amide bonds. The van der Waals surface area contributed by atoms with E-state index in [1.165, 1.54) is 12.1 Å². The number of hydrogen-bond acceptors (Lipinski definition) is 3. The zero-order chi connectivity index (χ0) is 10.8. The number of hydrogen-bond donors (Lipinski definition) is 2. The van der Waals surface area contributed by atoms with Crippen LogP contribution in [-0.2, 0) is 10.0 Å². The fraction of sp³-hybridized carbons (Fsp3) is 0.333. The molecule has 5 heteroatoms. The fourth-order valence-electron chi connectivity index (χ4n) is 1.18. The van der Waals surface area contributed by atoms with Crippen LogP contribution < -0.4 is 4.72 Å². The molecule has 0 heterocycles. The van der Waals surface area contributed by atoms with Crippen LogP contribution in [0, 0.1) is 0 Å². The summed E-state index contributed by atoms with van der Waals surface area (Å²) < 4.78 is 24.3. The molecule has 0 aliphatic carbocycles. The standard InChI is InChI=1S/C9H13NO3S/c1-7(10-14(2,12)13)8-4-3-5-9(11)6-8/h3-7,10-11H,1-2H3. The summed E-state index contributed by atoms with van der Waals surface area (Å²) in [6.07, 6.45) is 1.10. The zero-order valence-corrected chi connectivity index (χ0v) is 8.88. The molecule has 1 aromatic carbocycles. The third-order valence-corrected chi connectivity index (χ3v) is 2.54. The van der Waals surface area contributed by atoms with Gasteiger partial charge in [-0.3, -0.25) is 0 Å². The van der Waals surface area contributed by atoms with Crippen molar-refractivity contribution in [3.63, 3.8) is 0 Å². The zero-order valence-electron chi connectivity index (χ0n) is 8.06. The predicted octanol–water partition coefficient (Wildman–Crippen LogP) is 1.00. The highest BCUT2D eigenvalue weighted by molar-refractivity contribution is 7.88. The topological polar surface area (TPSA) is 66.4 Å². The van der Waals surface area contributed by atoms with E-state index in [-0.39, 0.29) is 11.8 Å². The summed E-state index contributed by atoms with van der Waals surface area (Å²) in [5.41, 5.74) is 0.732. The molecule has 0 aromatic heterocycles. The second kappa shape index (κ2) is 3.98. The minimum atomic E-state index is -3.22. The maximum absolute atomic E-state index is 10.9. The van der Waals surface area contributed by atoms with Crippen LogP contribution in [0.1, 0.15) is 18.5 Å². The number of sulfonamides is 1. The van der Waals surface area contributed by atoms with E-state index in [0.29, 0.717) is 0 Å². The van der Waals surface area contributed by atoms with Gasteiger partial charge in [0.05, 0.1) is 6.26 Å². The SMILES string of the molecule is CC(NS(C)(=O)=O)c1cccc(O)c1. The van der Waals surface area contributed by atoms with Gasteiger partial charge >= 0.3 is 0 Å². The lowest BCUT2D eigenvalue weighted by atomic mass is 10.1. The molecular formula is C9H13NO3S. The lowest BCUT2D eigenvalue weighted by Gasteiger charge is -2.12. The maximum atomic E-state index is 10.9. The van der Waals surface area contributed by atoms with Gasteiger partial charge in [-0.15, -0.1) is 0 Å². The van der Waals surface area contributed by atoms with E-state index in [9.17, 15) is 13.5 Å². The lowest BCUT2D eigenvalue weighted by molar-refractivity contribution is 0.473. The van der Waals surface area contributed by atoms with Crippen LogP contribution in [-0.4, -0.2) is 19.8 Å². The first-order chi connectivity index (χ1) is 6.38. The first kappa shape index (κ1) is 11.0. The number of phenolic OH excluding ortho intramolecular Hbond substituents is 1. The molecule has 4 nitrogen and oxygen atoms in total. The van der Waals surface area contributed by atoms with Gasteiger partial charge in [0.15, 0.2) is 0 Å². The highest BCUT2D eigenvalue weighted by Crippen LogP contribution is 2.17. The Bertz CT molecular complexity index is 414. The van der Waals surface area contributed by atoms with Crippen molar-refractivity contribution in [3.05, 3.63) is 29.8 Å². The molecule has 1 rings (SSSR count). The molecule has 14 heavy (non-hydrogen) atoms. The molecule has 0 aliphatic heterocycles. The van der Waals surface area contributed by atoms with Crippen LogP contribution in [0.4, 0.5) is 0 Å². The van der Waals surface area contributed by atoms with Crippen molar-refractivity contribution < 1.29 is 13.5 Å². The van der Waals surface area contributed by atoms with Crippen LogP contribution in [0.5, 0.6) is 5.75 Å². The summed E-state index contributed by atoms with van der Waals surface area (Å²) in [5.74, 6) is 0.129. The maximum Gasteiger partial charge on any atom is 0.209 e. The number of aromatic hydroxyl groups is 1. The van der Waals surface area contributed by atoms with Crippen molar-refractivity contribution >= 4 is 10.0 Å². The van der Waals surface area contributed by atoms with Crippen LogP contribution in [0.2, 0.25) is 0 Å². The second-order valence-electron chi connectivity index (χ2n) is 3.21. The van der Waals surface area contributed by atoms with Gasteiger partial charge in [-0.2, -0.15) is 0 Å². The van der Waals surface area contributed by atoms with Crippen LogP contribution in [0.25, 0.3) is 0 Å². The van der Waals surface area contributed by atoms with Crippen molar-refractivity contribution in [1.29, 1.82) is 0 Å². The number of nitrogens with one attached hydrogen (secondary N) is 1. The summed E-state index contributed by atoms with van der Waals surface area (Å²) in [7, 11) is -3.22. The Kier molecular flexibility index (Phi) is 3.13. The minimum Gasteiger partial charge on any atom is -0.508 e. The van der Waals surface area contributed by atoms with Crippen LogP contribution >= 0.6 is 0 Å². The Labute approximate surface area is 83.6 Å². The monoisotopic (exact) mass is 215 g/mol. The smallest absolute Gasteiger partial charge is 0.209 e. The third-order valence-electron chi connectivity index (χ3n) is 1.76. The summed E-state index contributed by atoms with van der Waals surface area (Å²) in [5, 5.41) is 9.18. The van der Waals surface area contributed by atoms with Gasteiger partial charge < -0.3 is 5.11 Å². The van der Waals surface area contributed by atoms with Gasteiger partial charge in [0, 0.05) is 6.04 Å². The van der Waals surface area contributed by atoms with Crippen molar-refractivity contribution in [2.45, 2.75) is 13.0 Å². The van der Waals surface area contributed by atoms with Gasteiger partial charge in [-0.25, -0.2) is 13.1 Å². The van der Waals surface area contributed by atoms with Gasteiger partial charge in [-0.05, 0) is 24.6 Å². The van der Waals surface area contributed by atoms with Gasteiger partial charge in [-0.1, -0.05) is 12.1 Å². The van der Waals surface area contributed by atoms with Gasteiger partial charge in [0.25, 0.3) is 0 Å². The van der Waals surface area contributed by atoms with E-state index in [1.807, 2.05) is 0 Å². The molecule has 0 saturated carbocycles.